The van der Waals surface area contributed by atoms with Gasteiger partial charge in [0.25, 0.3) is 0 Å². The average Bonchev–Trinajstić information content (AvgIpc) is 2.30. The Kier molecular flexibility index (Phi) is 5.03. The molecule has 0 bridgehead atoms. The summed E-state index contributed by atoms with van der Waals surface area (Å²) in [6.07, 6.45) is 1.17. The van der Waals surface area contributed by atoms with Crippen LogP contribution in [0.2, 0.25) is 0 Å². The maximum Gasteiger partial charge on any atom is 0.236 e. The van der Waals surface area contributed by atoms with E-state index in [0.717, 1.165) is 0 Å². The summed E-state index contributed by atoms with van der Waals surface area (Å²) in [5.41, 5.74) is 0.711. The van der Waals surface area contributed by atoms with E-state index in [-0.39, 0.29) is 23.8 Å². The van der Waals surface area contributed by atoms with Crippen LogP contribution in [-0.4, -0.2) is 23.5 Å². The molecule has 2 unspecified atom stereocenters. The standard InChI is InChI=1S/C12H18FN3O/c1-4-14-12(17)9(3)16-8(2)11-6-5-10(13)7-15-11/h5-9,16H,4H2,1-3H3,(H,14,17). The molecule has 0 aliphatic rings. The highest BCUT2D eigenvalue weighted by Gasteiger charge is 2.15. The molecule has 0 fully saturated rings. The van der Waals surface area contributed by atoms with E-state index >= 15 is 0 Å². The van der Waals surface area contributed by atoms with Crippen LogP contribution in [0.25, 0.3) is 0 Å². The van der Waals surface area contributed by atoms with Gasteiger partial charge in [0.1, 0.15) is 5.82 Å². The molecule has 0 spiro atoms. The van der Waals surface area contributed by atoms with Gasteiger partial charge in [0.05, 0.1) is 17.9 Å². The lowest BCUT2D eigenvalue weighted by Gasteiger charge is -2.18. The first kappa shape index (κ1) is 13.6. The van der Waals surface area contributed by atoms with Crippen molar-refractivity contribution in [1.82, 2.24) is 15.6 Å². The summed E-state index contributed by atoms with van der Waals surface area (Å²) in [5.74, 6) is -0.417. The van der Waals surface area contributed by atoms with E-state index < -0.39 is 0 Å². The van der Waals surface area contributed by atoms with Gasteiger partial charge in [-0.05, 0) is 32.9 Å². The van der Waals surface area contributed by atoms with Crippen molar-refractivity contribution in [2.75, 3.05) is 6.54 Å². The fraction of sp³-hybridized carbons (Fsp3) is 0.500. The summed E-state index contributed by atoms with van der Waals surface area (Å²) in [6, 6.07) is 2.55. The zero-order valence-electron chi connectivity index (χ0n) is 10.3. The summed E-state index contributed by atoms with van der Waals surface area (Å²) < 4.78 is 12.7. The number of aromatic nitrogens is 1. The van der Waals surface area contributed by atoms with Gasteiger partial charge in [-0.1, -0.05) is 0 Å². The number of nitrogens with one attached hydrogen (secondary N) is 2. The molecule has 17 heavy (non-hydrogen) atoms. The molecule has 5 heteroatoms. The number of nitrogens with zero attached hydrogens (tertiary/aromatic N) is 1. The van der Waals surface area contributed by atoms with E-state index in [4.69, 9.17) is 0 Å². The molecule has 2 N–H and O–H groups in total. The van der Waals surface area contributed by atoms with Gasteiger partial charge < -0.3 is 5.32 Å². The minimum absolute atomic E-state index is 0.0542. The van der Waals surface area contributed by atoms with E-state index in [9.17, 15) is 9.18 Å². The lowest BCUT2D eigenvalue weighted by Crippen LogP contribution is -2.43. The molecule has 1 heterocycles. The van der Waals surface area contributed by atoms with Gasteiger partial charge in [0.15, 0.2) is 0 Å². The lowest BCUT2D eigenvalue weighted by molar-refractivity contribution is -0.122. The Bertz CT molecular complexity index is 367. The minimum atomic E-state index is -0.363. The normalized spacial score (nSPS) is 14.1. The predicted molar refractivity (Wildman–Crippen MR) is 63.9 cm³/mol. The van der Waals surface area contributed by atoms with Crippen LogP contribution < -0.4 is 10.6 Å². The largest absolute Gasteiger partial charge is 0.355 e. The fourth-order valence-corrected chi connectivity index (χ4v) is 1.51. The Morgan fingerprint density at radius 2 is 2.18 bits per heavy atom. The van der Waals surface area contributed by atoms with Gasteiger partial charge in [-0.15, -0.1) is 0 Å². The van der Waals surface area contributed by atoms with Crippen molar-refractivity contribution in [3.8, 4) is 0 Å². The number of carbonyl (C=O) groups is 1. The second-order valence-corrected chi connectivity index (χ2v) is 3.91. The van der Waals surface area contributed by atoms with Crippen LogP contribution in [-0.2, 0) is 4.79 Å². The van der Waals surface area contributed by atoms with Crippen LogP contribution >= 0.6 is 0 Å². The van der Waals surface area contributed by atoms with Gasteiger partial charge in [-0.2, -0.15) is 0 Å². The Labute approximate surface area is 101 Å². The van der Waals surface area contributed by atoms with Crippen LogP contribution in [0.3, 0.4) is 0 Å². The molecule has 1 aromatic heterocycles. The summed E-state index contributed by atoms with van der Waals surface area (Å²) >= 11 is 0. The summed E-state index contributed by atoms with van der Waals surface area (Å²) in [4.78, 5) is 15.5. The van der Waals surface area contributed by atoms with Crippen LogP contribution in [0.1, 0.15) is 32.5 Å². The highest BCUT2D eigenvalue weighted by Crippen LogP contribution is 2.10. The number of hydrogen-bond donors (Lipinski definition) is 2. The first-order chi connectivity index (χ1) is 8.04. The number of hydrogen-bond acceptors (Lipinski definition) is 3. The molecule has 1 aromatic rings. The number of carbonyl (C=O) groups excluding carboxylic acids is 1. The second-order valence-electron chi connectivity index (χ2n) is 3.91. The van der Waals surface area contributed by atoms with Crippen molar-refractivity contribution in [1.29, 1.82) is 0 Å². The number of rotatable bonds is 5. The number of halogens is 1. The zero-order valence-corrected chi connectivity index (χ0v) is 10.3. The molecule has 4 nitrogen and oxygen atoms in total. The van der Waals surface area contributed by atoms with E-state index in [1.165, 1.54) is 12.3 Å². The third-order valence-electron chi connectivity index (χ3n) is 2.44. The van der Waals surface area contributed by atoms with E-state index in [1.54, 1.807) is 13.0 Å². The number of pyridine rings is 1. The van der Waals surface area contributed by atoms with Crippen LogP contribution in [0.4, 0.5) is 4.39 Å². The van der Waals surface area contributed by atoms with Crippen molar-refractivity contribution >= 4 is 5.91 Å². The van der Waals surface area contributed by atoms with Crippen molar-refractivity contribution in [3.63, 3.8) is 0 Å². The quantitative estimate of drug-likeness (QED) is 0.816. The number of amides is 1. The number of likely N-dealkylation sites (N-methyl/N-ethyl adjacent to an activating group) is 1. The molecular weight excluding hydrogens is 221 g/mol. The smallest absolute Gasteiger partial charge is 0.236 e. The molecule has 0 aromatic carbocycles. The van der Waals surface area contributed by atoms with Gasteiger partial charge in [0, 0.05) is 12.6 Å². The van der Waals surface area contributed by atoms with E-state index in [1.807, 2.05) is 13.8 Å². The summed E-state index contributed by atoms with van der Waals surface area (Å²) in [6.45, 7) is 6.14. The van der Waals surface area contributed by atoms with E-state index in [0.29, 0.717) is 12.2 Å². The predicted octanol–water partition coefficient (Wildman–Crippen LogP) is 1.40. The maximum atomic E-state index is 12.7. The molecule has 0 aliphatic carbocycles. The molecule has 1 amide bonds. The monoisotopic (exact) mass is 239 g/mol. The Morgan fingerprint density at radius 1 is 1.47 bits per heavy atom. The van der Waals surface area contributed by atoms with Crippen molar-refractivity contribution < 1.29 is 9.18 Å². The van der Waals surface area contributed by atoms with Gasteiger partial charge >= 0.3 is 0 Å². The molecule has 2 atom stereocenters. The Morgan fingerprint density at radius 3 is 2.71 bits per heavy atom. The Hall–Kier alpha value is -1.49. The van der Waals surface area contributed by atoms with Gasteiger partial charge in [0.2, 0.25) is 5.91 Å². The molecule has 1 rings (SSSR count). The molecule has 0 saturated carbocycles. The summed E-state index contributed by atoms with van der Waals surface area (Å²) in [7, 11) is 0. The first-order valence-electron chi connectivity index (χ1n) is 5.69. The molecule has 94 valence electrons. The molecular formula is C12H18FN3O. The van der Waals surface area contributed by atoms with Crippen LogP contribution in [0.5, 0.6) is 0 Å². The third kappa shape index (κ3) is 4.11. The molecule has 0 radical (unpaired) electrons. The first-order valence-corrected chi connectivity index (χ1v) is 5.69. The fourth-order valence-electron chi connectivity index (χ4n) is 1.51. The summed E-state index contributed by atoms with van der Waals surface area (Å²) in [5, 5.41) is 5.83. The lowest BCUT2D eigenvalue weighted by atomic mass is 10.2. The van der Waals surface area contributed by atoms with Crippen molar-refractivity contribution in [2.45, 2.75) is 32.9 Å². The topological polar surface area (TPSA) is 54.0 Å². The maximum absolute atomic E-state index is 12.7. The van der Waals surface area contributed by atoms with Crippen LogP contribution in [0.15, 0.2) is 18.3 Å². The molecule has 0 saturated heterocycles. The third-order valence-corrected chi connectivity index (χ3v) is 2.44. The average molecular weight is 239 g/mol. The van der Waals surface area contributed by atoms with Crippen molar-refractivity contribution in [3.05, 3.63) is 29.8 Å². The van der Waals surface area contributed by atoms with Crippen LogP contribution in [0, 0.1) is 5.82 Å². The Balaban J connectivity index is 2.56. The van der Waals surface area contributed by atoms with Gasteiger partial charge in [-0.25, -0.2) is 4.39 Å². The minimum Gasteiger partial charge on any atom is -0.355 e. The van der Waals surface area contributed by atoms with Crippen molar-refractivity contribution in [2.24, 2.45) is 0 Å². The highest BCUT2D eigenvalue weighted by atomic mass is 19.1. The highest BCUT2D eigenvalue weighted by molar-refractivity contribution is 5.81. The SMILES string of the molecule is CCNC(=O)C(C)NC(C)c1ccc(F)cn1. The van der Waals surface area contributed by atoms with E-state index in [2.05, 4.69) is 15.6 Å². The van der Waals surface area contributed by atoms with Gasteiger partial charge in [-0.3, -0.25) is 15.1 Å². The molecule has 0 aliphatic heterocycles. The second kappa shape index (κ2) is 6.30. The zero-order chi connectivity index (χ0) is 12.8.